The number of esters is 1. The van der Waals surface area contributed by atoms with E-state index in [1.807, 2.05) is 12.5 Å². The van der Waals surface area contributed by atoms with Crippen LogP contribution in [0.4, 0.5) is 0 Å². The maximum absolute atomic E-state index is 13.1. The van der Waals surface area contributed by atoms with Crippen LogP contribution in [0.1, 0.15) is 69.4 Å². The number of aliphatic hydroxyl groups excluding tert-OH is 1. The number of ether oxygens (including phenoxy) is 1. The second-order valence-corrected chi connectivity index (χ2v) is 10.5. The Bertz CT molecular complexity index is 985. The Morgan fingerprint density at radius 3 is 2.62 bits per heavy atom. The molecule has 3 aliphatic carbocycles. The molecule has 6 nitrogen and oxygen atoms in total. The van der Waals surface area contributed by atoms with Crippen molar-refractivity contribution in [2.75, 3.05) is 13.1 Å². The fraction of sp³-hybridized carbons (Fsp3) is 0.615. The van der Waals surface area contributed by atoms with Crippen molar-refractivity contribution in [2.24, 2.45) is 10.8 Å². The number of carbonyl (C=O) groups is 1. The Morgan fingerprint density at radius 1 is 1.16 bits per heavy atom. The predicted octanol–water partition coefficient (Wildman–Crippen LogP) is 3.84. The van der Waals surface area contributed by atoms with Gasteiger partial charge < -0.3 is 19.7 Å². The Hall–Kier alpha value is -2.18. The molecule has 2 N–H and O–H groups in total. The fourth-order valence-electron chi connectivity index (χ4n) is 6.84. The highest BCUT2D eigenvalue weighted by molar-refractivity contribution is 5.77. The van der Waals surface area contributed by atoms with Gasteiger partial charge in [-0.25, -0.2) is 4.98 Å². The molecule has 2 aliphatic heterocycles. The monoisotopic (exact) mass is 435 g/mol. The van der Waals surface area contributed by atoms with Gasteiger partial charge in [-0.05, 0) is 81.9 Å². The number of hydrogen-bond acceptors (Lipinski definition) is 5. The third kappa shape index (κ3) is 3.14. The minimum Gasteiger partial charge on any atom is -0.462 e. The number of rotatable bonds is 5. The molecule has 3 heterocycles. The summed E-state index contributed by atoms with van der Waals surface area (Å²) in [6.45, 7) is 1.87. The zero-order valence-electron chi connectivity index (χ0n) is 18.6. The van der Waals surface area contributed by atoms with Crippen LogP contribution in [0.25, 0.3) is 11.3 Å². The van der Waals surface area contributed by atoms with Crippen LogP contribution in [0, 0.1) is 10.8 Å². The van der Waals surface area contributed by atoms with E-state index in [1.54, 1.807) is 0 Å². The van der Waals surface area contributed by atoms with E-state index in [-0.39, 0.29) is 35.0 Å². The minimum atomic E-state index is -0.382. The van der Waals surface area contributed by atoms with Crippen molar-refractivity contribution >= 4 is 5.97 Å². The van der Waals surface area contributed by atoms with E-state index in [4.69, 9.17) is 4.74 Å². The van der Waals surface area contributed by atoms with Crippen LogP contribution >= 0.6 is 0 Å². The molecule has 0 spiro atoms. The third-order valence-corrected chi connectivity index (χ3v) is 9.05. The summed E-state index contributed by atoms with van der Waals surface area (Å²) in [7, 11) is 0. The molecular formula is C26H33N3O3. The van der Waals surface area contributed by atoms with Gasteiger partial charge in [0.25, 0.3) is 0 Å². The van der Waals surface area contributed by atoms with Gasteiger partial charge >= 0.3 is 5.97 Å². The van der Waals surface area contributed by atoms with Crippen LogP contribution in [0.15, 0.2) is 36.8 Å². The number of fused-ring (bicyclic) bond motifs is 6. The van der Waals surface area contributed by atoms with E-state index in [0.717, 1.165) is 70.2 Å². The van der Waals surface area contributed by atoms with Gasteiger partial charge in [0, 0.05) is 5.56 Å². The van der Waals surface area contributed by atoms with E-state index in [1.165, 1.54) is 11.1 Å². The molecule has 1 saturated heterocycles. The number of aliphatic hydroxyl groups is 1. The Labute approximate surface area is 189 Å². The molecule has 5 aliphatic rings. The molecule has 2 atom stereocenters. The van der Waals surface area contributed by atoms with E-state index in [9.17, 15) is 9.90 Å². The van der Waals surface area contributed by atoms with Crippen LogP contribution in [0.3, 0.4) is 0 Å². The highest BCUT2D eigenvalue weighted by Gasteiger charge is 2.56. The summed E-state index contributed by atoms with van der Waals surface area (Å²) in [6, 6.07) is 8.61. The average molecular weight is 436 g/mol. The molecule has 7 rings (SSSR count). The predicted molar refractivity (Wildman–Crippen MR) is 121 cm³/mol. The van der Waals surface area contributed by atoms with Gasteiger partial charge in [0.1, 0.15) is 6.10 Å². The van der Waals surface area contributed by atoms with Crippen molar-refractivity contribution in [1.82, 2.24) is 14.9 Å². The molecule has 2 unspecified atom stereocenters. The molecule has 6 heteroatoms. The number of hydrogen-bond donors (Lipinski definition) is 2. The molecule has 170 valence electrons. The lowest BCUT2D eigenvalue weighted by Gasteiger charge is -2.54. The Morgan fingerprint density at radius 2 is 1.88 bits per heavy atom. The lowest BCUT2D eigenvalue weighted by atomic mass is 9.51. The quantitative estimate of drug-likeness (QED) is 0.698. The summed E-state index contributed by atoms with van der Waals surface area (Å²) < 4.78 is 8.19. The van der Waals surface area contributed by atoms with Crippen LogP contribution in [-0.2, 0) is 9.53 Å². The number of carbonyl (C=O) groups excluding carboxylic acids is 1. The lowest BCUT2D eigenvalue weighted by Crippen LogP contribution is -2.52. The summed E-state index contributed by atoms with van der Waals surface area (Å²) in [5, 5.41) is 14.9. The van der Waals surface area contributed by atoms with E-state index >= 15 is 0 Å². The number of benzene rings is 1. The highest BCUT2D eigenvalue weighted by Crippen LogP contribution is 2.60. The fourth-order valence-corrected chi connectivity index (χ4v) is 6.84. The van der Waals surface area contributed by atoms with Crippen molar-refractivity contribution in [3.8, 4) is 11.3 Å². The standard InChI is InChI=1S/C26H33N3O3/c30-23(15-21-19-3-1-2-4-20(19)22-16-28-17-29(21)22)25-7-10-26(11-8-25,12-9-25)24(31)32-18-5-13-27-14-6-18/h1-4,16-18,21,23,27,30H,5-15H2. The van der Waals surface area contributed by atoms with Gasteiger partial charge in [0.15, 0.2) is 0 Å². The van der Waals surface area contributed by atoms with Gasteiger partial charge in [-0.3, -0.25) is 4.79 Å². The second-order valence-electron chi connectivity index (χ2n) is 10.5. The van der Waals surface area contributed by atoms with Gasteiger partial charge in [0.2, 0.25) is 0 Å². The maximum Gasteiger partial charge on any atom is 0.312 e. The highest BCUT2D eigenvalue weighted by atomic mass is 16.5. The van der Waals surface area contributed by atoms with Crippen molar-refractivity contribution in [3.05, 3.63) is 42.4 Å². The first-order chi connectivity index (χ1) is 15.6. The molecule has 1 aromatic heterocycles. The first kappa shape index (κ1) is 20.4. The first-order valence-corrected chi connectivity index (χ1v) is 12.3. The van der Waals surface area contributed by atoms with Crippen molar-refractivity contribution < 1.29 is 14.6 Å². The summed E-state index contributed by atoms with van der Waals surface area (Å²) in [6.07, 6.45) is 11.4. The number of imidazole rings is 1. The molecular weight excluding hydrogens is 402 g/mol. The van der Waals surface area contributed by atoms with Crippen LogP contribution in [0.5, 0.6) is 0 Å². The molecule has 4 fully saturated rings. The average Bonchev–Trinajstić information content (AvgIpc) is 3.43. The van der Waals surface area contributed by atoms with E-state index < -0.39 is 0 Å². The zero-order valence-corrected chi connectivity index (χ0v) is 18.6. The molecule has 1 aromatic carbocycles. The lowest BCUT2D eigenvalue weighted by molar-refractivity contribution is -0.178. The van der Waals surface area contributed by atoms with Crippen LogP contribution < -0.4 is 5.32 Å². The van der Waals surface area contributed by atoms with Crippen LogP contribution in [0.2, 0.25) is 0 Å². The third-order valence-electron chi connectivity index (χ3n) is 9.05. The first-order valence-electron chi connectivity index (χ1n) is 12.3. The van der Waals surface area contributed by atoms with E-state index in [0.29, 0.717) is 6.42 Å². The largest absolute Gasteiger partial charge is 0.462 e. The van der Waals surface area contributed by atoms with Crippen molar-refractivity contribution in [3.63, 3.8) is 0 Å². The smallest absolute Gasteiger partial charge is 0.312 e. The molecule has 0 amide bonds. The summed E-state index contributed by atoms with van der Waals surface area (Å²) in [5.74, 6) is 0.0277. The van der Waals surface area contributed by atoms with Crippen molar-refractivity contribution in [1.29, 1.82) is 0 Å². The Balaban J connectivity index is 1.15. The van der Waals surface area contributed by atoms with Crippen molar-refractivity contribution in [2.45, 2.75) is 76.0 Å². The van der Waals surface area contributed by atoms with Gasteiger partial charge in [-0.2, -0.15) is 0 Å². The second kappa shape index (κ2) is 7.70. The number of aromatic nitrogens is 2. The molecule has 2 bridgehead atoms. The zero-order chi connectivity index (χ0) is 21.8. The Kier molecular flexibility index (Phi) is 4.92. The van der Waals surface area contributed by atoms with Gasteiger partial charge in [-0.1, -0.05) is 24.3 Å². The topological polar surface area (TPSA) is 76.4 Å². The summed E-state index contributed by atoms with van der Waals surface area (Å²) in [4.78, 5) is 17.5. The molecule has 3 saturated carbocycles. The summed E-state index contributed by atoms with van der Waals surface area (Å²) >= 11 is 0. The SMILES string of the molecule is O=C(OC1CCNCC1)C12CCC(C(O)CC3c4ccccc4-c4cncn43)(CC1)CC2. The number of nitrogens with zero attached hydrogens (tertiary/aromatic N) is 2. The molecule has 0 radical (unpaired) electrons. The van der Waals surface area contributed by atoms with Crippen LogP contribution in [-0.4, -0.2) is 45.9 Å². The maximum atomic E-state index is 13.1. The van der Waals surface area contributed by atoms with Gasteiger partial charge in [0.05, 0.1) is 35.8 Å². The number of nitrogens with one attached hydrogen (secondary N) is 1. The summed E-state index contributed by atoms with van der Waals surface area (Å²) in [5.41, 5.74) is 3.26. The van der Waals surface area contributed by atoms with Gasteiger partial charge in [-0.15, -0.1) is 0 Å². The minimum absolute atomic E-state index is 0.0277. The van der Waals surface area contributed by atoms with E-state index in [2.05, 4.69) is 39.1 Å². The number of piperidine rings is 1. The normalized spacial score (nSPS) is 32.3. The molecule has 2 aromatic rings. The molecule has 32 heavy (non-hydrogen) atoms.